The average molecular weight is 280 g/mol. The van der Waals surface area contributed by atoms with Crippen molar-refractivity contribution in [3.63, 3.8) is 0 Å². The summed E-state index contributed by atoms with van der Waals surface area (Å²) in [5.74, 6) is 0.893. The Labute approximate surface area is 115 Å². The van der Waals surface area contributed by atoms with E-state index in [1.54, 1.807) is 12.1 Å². The van der Waals surface area contributed by atoms with E-state index in [9.17, 15) is 4.79 Å². The number of nitrogens with one attached hydrogen (secondary N) is 1. The smallest absolute Gasteiger partial charge is 0.253 e. The largest absolute Gasteiger partial charge is 0.444 e. The van der Waals surface area contributed by atoms with Gasteiger partial charge < -0.3 is 15.5 Å². The summed E-state index contributed by atoms with van der Waals surface area (Å²) in [6.07, 6.45) is 0. The van der Waals surface area contributed by atoms with Gasteiger partial charge in [-0.05, 0) is 32.0 Å². The minimum atomic E-state index is -0.312. The maximum atomic E-state index is 12.0. The van der Waals surface area contributed by atoms with Crippen LogP contribution >= 0.6 is 11.6 Å². The number of nitrogens with two attached hydrogens (primary N) is 1. The van der Waals surface area contributed by atoms with Crippen LogP contribution in [0.1, 0.15) is 27.7 Å². The fourth-order valence-electron chi connectivity index (χ4n) is 1.59. The van der Waals surface area contributed by atoms with Crippen molar-refractivity contribution in [2.75, 3.05) is 5.73 Å². The normalized spacial score (nSPS) is 10.5. The number of anilines is 1. The Morgan fingerprint density at radius 3 is 2.84 bits per heavy atom. The Morgan fingerprint density at radius 2 is 2.21 bits per heavy atom. The van der Waals surface area contributed by atoms with Gasteiger partial charge in [0.25, 0.3) is 5.91 Å². The topological polar surface area (TPSA) is 81.2 Å². The maximum absolute atomic E-state index is 12.0. The number of nitrogen functional groups attached to an aromatic ring is 1. The highest BCUT2D eigenvalue weighted by Gasteiger charge is 2.12. The number of oxazole rings is 1. The number of nitrogens with zero attached hydrogens (tertiary/aromatic N) is 1. The zero-order valence-electron chi connectivity index (χ0n) is 10.7. The van der Waals surface area contributed by atoms with Crippen LogP contribution in [0.2, 0.25) is 5.02 Å². The summed E-state index contributed by atoms with van der Waals surface area (Å²) < 4.78 is 5.37. The van der Waals surface area contributed by atoms with Gasteiger partial charge in [0.2, 0.25) is 5.89 Å². The lowest BCUT2D eigenvalue weighted by Gasteiger charge is -2.06. The second kappa shape index (κ2) is 5.32. The van der Waals surface area contributed by atoms with Crippen molar-refractivity contribution in [1.82, 2.24) is 10.3 Å². The molecule has 6 heteroatoms. The summed E-state index contributed by atoms with van der Waals surface area (Å²) in [7, 11) is 0. The number of hydrogen-bond acceptors (Lipinski definition) is 4. The zero-order chi connectivity index (χ0) is 14.0. The first-order chi connectivity index (χ1) is 8.97. The molecule has 0 saturated carbocycles. The summed E-state index contributed by atoms with van der Waals surface area (Å²) in [4.78, 5) is 16.1. The first kappa shape index (κ1) is 13.4. The molecule has 0 spiro atoms. The predicted octanol–water partition coefficient (Wildman–Crippen LogP) is 2.46. The number of aromatic nitrogens is 1. The second-order valence-corrected chi connectivity index (χ2v) is 4.60. The third-order valence-corrected chi connectivity index (χ3v) is 2.97. The van der Waals surface area contributed by atoms with E-state index < -0.39 is 0 Å². The van der Waals surface area contributed by atoms with Crippen molar-refractivity contribution in [3.05, 3.63) is 46.1 Å². The van der Waals surface area contributed by atoms with E-state index in [1.165, 1.54) is 6.07 Å². The Morgan fingerprint density at radius 1 is 1.47 bits per heavy atom. The van der Waals surface area contributed by atoms with Gasteiger partial charge in [-0.3, -0.25) is 4.79 Å². The third kappa shape index (κ3) is 3.06. The third-order valence-electron chi connectivity index (χ3n) is 2.73. The van der Waals surface area contributed by atoms with Crippen molar-refractivity contribution >= 4 is 23.2 Å². The minimum Gasteiger partial charge on any atom is -0.444 e. The molecule has 1 aromatic heterocycles. The summed E-state index contributed by atoms with van der Waals surface area (Å²) in [6.45, 7) is 3.88. The number of amides is 1. The van der Waals surface area contributed by atoms with E-state index in [4.69, 9.17) is 21.8 Å². The van der Waals surface area contributed by atoms with Crippen LogP contribution in [0.4, 0.5) is 5.69 Å². The molecule has 0 radical (unpaired) electrons. The summed E-state index contributed by atoms with van der Waals surface area (Å²) in [6, 6.07) is 4.75. The molecular weight excluding hydrogens is 266 g/mol. The average Bonchev–Trinajstić information content (AvgIpc) is 2.69. The van der Waals surface area contributed by atoms with Crippen molar-refractivity contribution in [1.29, 1.82) is 0 Å². The lowest BCUT2D eigenvalue weighted by Crippen LogP contribution is -2.24. The molecule has 5 nitrogen and oxygen atoms in total. The fourth-order valence-corrected chi connectivity index (χ4v) is 1.76. The summed E-state index contributed by atoms with van der Waals surface area (Å²) in [5, 5.41) is 3.15. The molecule has 1 aromatic carbocycles. The number of halogens is 1. The zero-order valence-corrected chi connectivity index (χ0v) is 11.4. The van der Waals surface area contributed by atoms with Crippen LogP contribution in [0.5, 0.6) is 0 Å². The van der Waals surface area contributed by atoms with E-state index in [0.29, 0.717) is 22.2 Å². The highest BCUT2D eigenvalue weighted by molar-refractivity contribution is 6.31. The van der Waals surface area contributed by atoms with E-state index in [2.05, 4.69) is 10.3 Å². The molecule has 0 saturated heterocycles. The van der Waals surface area contributed by atoms with Crippen LogP contribution in [0, 0.1) is 13.8 Å². The molecule has 1 amide bonds. The van der Waals surface area contributed by atoms with Gasteiger partial charge in [0.05, 0.1) is 17.8 Å². The molecule has 2 rings (SSSR count). The van der Waals surface area contributed by atoms with E-state index in [0.717, 1.165) is 11.5 Å². The van der Waals surface area contributed by atoms with Crippen molar-refractivity contribution in [3.8, 4) is 0 Å². The van der Waals surface area contributed by atoms with E-state index in [-0.39, 0.29) is 12.5 Å². The number of hydrogen-bond donors (Lipinski definition) is 2. The van der Waals surface area contributed by atoms with Crippen LogP contribution in [0.15, 0.2) is 22.6 Å². The van der Waals surface area contributed by atoms with Crippen LogP contribution < -0.4 is 11.1 Å². The van der Waals surface area contributed by atoms with Crippen molar-refractivity contribution < 1.29 is 9.21 Å². The van der Waals surface area contributed by atoms with Crippen molar-refractivity contribution in [2.24, 2.45) is 0 Å². The highest BCUT2D eigenvalue weighted by Crippen LogP contribution is 2.18. The number of rotatable bonds is 3. The molecule has 3 N–H and O–H groups in total. The van der Waals surface area contributed by atoms with Gasteiger partial charge in [0, 0.05) is 10.7 Å². The molecule has 0 atom stereocenters. The summed E-state index contributed by atoms with van der Waals surface area (Å²) >= 11 is 5.84. The van der Waals surface area contributed by atoms with Crippen LogP contribution in [0.25, 0.3) is 0 Å². The Bertz CT molecular complexity index is 603. The molecule has 0 unspecified atom stereocenters. The lowest BCUT2D eigenvalue weighted by atomic mass is 10.1. The van der Waals surface area contributed by atoms with Gasteiger partial charge in [0.1, 0.15) is 5.76 Å². The molecule has 0 aliphatic carbocycles. The van der Waals surface area contributed by atoms with E-state index in [1.807, 2.05) is 13.8 Å². The highest BCUT2D eigenvalue weighted by atomic mass is 35.5. The molecule has 0 aliphatic rings. The SMILES string of the molecule is Cc1nc(CNC(=O)c2cc(Cl)ccc2N)oc1C. The molecule has 2 aromatic rings. The van der Waals surface area contributed by atoms with Crippen LogP contribution in [0.3, 0.4) is 0 Å². The maximum Gasteiger partial charge on any atom is 0.253 e. The van der Waals surface area contributed by atoms with Crippen LogP contribution in [-0.4, -0.2) is 10.9 Å². The quantitative estimate of drug-likeness (QED) is 0.846. The Balaban J connectivity index is 2.07. The standard InChI is InChI=1S/C13H14ClN3O2/c1-7-8(2)19-12(17-7)6-16-13(18)10-5-9(14)3-4-11(10)15/h3-5H,6,15H2,1-2H3,(H,16,18). The van der Waals surface area contributed by atoms with Crippen molar-refractivity contribution in [2.45, 2.75) is 20.4 Å². The molecule has 1 heterocycles. The Kier molecular flexibility index (Phi) is 3.76. The summed E-state index contributed by atoms with van der Waals surface area (Å²) in [5.41, 5.74) is 7.26. The number of benzene rings is 1. The van der Waals surface area contributed by atoms with Gasteiger partial charge in [-0.15, -0.1) is 0 Å². The number of carbonyl (C=O) groups is 1. The van der Waals surface area contributed by atoms with Gasteiger partial charge in [-0.1, -0.05) is 11.6 Å². The molecular formula is C13H14ClN3O2. The first-order valence-electron chi connectivity index (χ1n) is 5.73. The number of aryl methyl sites for hydroxylation is 2. The molecule has 19 heavy (non-hydrogen) atoms. The first-order valence-corrected chi connectivity index (χ1v) is 6.11. The molecule has 0 aliphatic heterocycles. The lowest BCUT2D eigenvalue weighted by molar-refractivity contribution is 0.0948. The minimum absolute atomic E-state index is 0.208. The monoisotopic (exact) mass is 279 g/mol. The Hall–Kier alpha value is -2.01. The second-order valence-electron chi connectivity index (χ2n) is 4.16. The van der Waals surface area contributed by atoms with E-state index >= 15 is 0 Å². The molecule has 100 valence electrons. The number of carbonyl (C=O) groups excluding carboxylic acids is 1. The molecule has 0 bridgehead atoms. The van der Waals surface area contributed by atoms with Gasteiger partial charge in [0.15, 0.2) is 0 Å². The van der Waals surface area contributed by atoms with Gasteiger partial charge in [-0.2, -0.15) is 0 Å². The van der Waals surface area contributed by atoms with Crippen LogP contribution in [-0.2, 0) is 6.54 Å². The molecule has 0 fully saturated rings. The van der Waals surface area contributed by atoms with Gasteiger partial charge >= 0.3 is 0 Å². The van der Waals surface area contributed by atoms with Gasteiger partial charge in [-0.25, -0.2) is 4.98 Å². The predicted molar refractivity (Wildman–Crippen MR) is 73.0 cm³/mol. The fraction of sp³-hybridized carbons (Fsp3) is 0.231.